The highest BCUT2D eigenvalue weighted by atomic mass is 32.2. The molecule has 0 amide bonds. The lowest BCUT2D eigenvalue weighted by Gasteiger charge is -2.28. The number of nitrogens with two attached hydrogens (primary N) is 1. The number of hydrogen-bond donors (Lipinski definition) is 1. The quantitative estimate of drug-likeness (QED) is 0.849. The van der Waals surface area contributed by atoms with E-state index in [9.17, 15) is 8.42 Å². The molecule has 1 aliphatic heterocycles. The molecule has 0 spiro atoms. The number of nitrogen functional groups attached to an aromatic ring is 1. The number of rotatable bonds is 6. The van der Waals surface area contributed by atoms with Crippen LogP contribution in [0.15, 0.2) is 4.90 Å². The monoisotopic (exact) mass is 332 g/mol. The first-order valence-electron chi connectivity index (χ1n) is 7.26. The van der Waals surface area contributed by atoms with Crippen molar-refractivity contribution in [3.05, 3.63) is 0 Å². The molecule has 2 rings (SSSR count). The smallest absolute Gasteiger partial charge is 0.185 e. The number of anilines is 2. The van der Waals surface area contributed by atoms with Crippen molar-refractivity contribution in [2.75, 3.05) is 43.6 Å². The van der Waals surface area contributed by atoms with Crippen molar-refractivity contribution >= 4 is 32.2 Å². The minimum Gasteiger partial charge on any atom is -0.382 e. The molecule has 1 aromatic heterocycles. The maximum Gasteiger partial charge on any atom is 0.185 e. The van der Waals surface area contributed by atoms with E-state index < -0.39 is 9.84 Å². The summed E-state index contributed by atoms with van der Waals surface area (Å²) < 4.78 is 29.0. The number of sulfone groups is 1. The highest BCUT2D eigenvalue weighted by Crippen LogP contribution is 2.39. The topological polar surface area (TPSA) is 79.5 Å². The van der Waals surface area contributed by atoms with E-state index in [4.69, 9.17) is 5.73 Å². The summed E-state index contributed by atoms with van der Waals surface area (Å²) >= 11 is 1.21. The van der Waals surface area contributed by atoms with Crippen molar-refractivity contribution in [1.82, 2.24) is 9.27 Å². The van der Waals surface area contributed by atoms with Gasteiger partial charge < -0.3 is 15.5 Å². The van der Waals surface area contributed by atoms with Crippen LogP contribution in [-0.2, 0) is 9.84 Å². The third-order valence-electron chi connectivity index (χ3n) is 3.66. The summed E-state index contributed by atoms with van der Waals surface area (Å²) in [6.45, 7) is 3.64. The van der Waals surface area contributed by atoms with Crippen molar-refractivity contribution in [2.24, 2.45) is 0 Å². The van der Waals surface area contributed by atoms with Gasteiger partial charge in [0.2, 0.25) is 0 Å². The Morgan fingerprint density at radius 3 is 2.81 bits per heavy atom. The molecule has 120 valence electrons. The molecular formula is C13H24N4O2S2. The fraction of sp³-hybridized carbons (Fsp3) is 0.769. The highest BCUT2D eigenvalue weighted by Gasteiger charge is 2.33. The highest BCUT2D eigenvalue weighted by molar-refractivity contribution is 7.91. The standard InChI is InChI=1S/C13H24N4O2S2/c1-4-8-21(18,19)11-12(14)15-20-13(11)17-7-5-6-10(17)9-16(2)3/h10H,4-9H2,1-3H3,(H2,14,15). The van der Waals surface area contributed by atoms with Gasteiger partial charge in [-0.2, -0.15) is 4.37 Å². The molecule has 1 aromatic rings. The Bertz CT molecular complexity index is 583. The van der Waals surface area contributed by atoms with Crippen LogP contribution in [0.3, 0.4) is 0 Å². The van der Waals surface area contributed by atoms with E-state index >= 15 is 0 Å². The maximum absolute atomic E-state index is 12.5. The van der Waals surface area contributed by atoms with Crippen LogP contribution >= 0.6 is 11.5 Å². The Morgan fingerprint density at radius 2 is 2.19 bits per heavy atom. The molecule has 1 atom stereocenters. The zero-order valence-electron chi connectivity index (χ0n) is 12.9. The summed E-state index contributed by atoms with van der Waals surface area (Å²) in [6.07, 6.45) is 2.73. The molecule has 6 nitrogen and oxygen atoms in total. The molecule has 0 saturated carbocycles. The van der Waals surface area contributed by atoms with Crippen LogP contribution in [0.1, 0.15) is 26.2 Å². The molecule has 1 unspecified atom stereocenters. The van der Waals surface area contributed by atoms with E-state index in [1.165, 1.54) is 11.5 Å². The van der Waals surface area contributed by atoms with Crippen LogP contribution in [0.5, 0.6) is 0 Å². The first kappa shape index (κ1) is 16.5. The number of nitrogens with zero attached hydrogens (tertiary/aromatic N) is 3. The molecule has 1 aliphatic rings. The van der Waals surface area contributed by atoms with Crippen LogP contribution in [0.25, 0.3) is 0 Å². The lowest BCUT2D eigenvalue weighted by molar-refractivity contribution is 0.372. The minimum atomic E-state index is -3.35. The lowest BCUT2D eigenvalue weighted by Crippen LogP contribution is -2.37. The van der Waals surface area contributed by atoms with Gasteiger partial charge in [-0.15, -0.1) is 0 Å². The van der Waals surface area contributed by atoms with E-state index in [2.05, 4.69) is 14.2 Å². The van der Waals surface area contributed by atoms with Crippen molar-refractivity contribution < 1.29 is 8.42 Å². The molecule has 21 heavy (non-hydrogen) atoms. The molecule has 8 heteroatoms. The summed E-state index contributed by atoms with van der Waals surface area (Å²) in [5.74, 6) is 0.272. The van der Waals surface area contributed by atoms with Crippen LogP contribution in [0.4, 0.5) is 10.8 Å². The van der Waals surface area contributed by atoms with E-state index in [0.29, 0.717) is 12.5 Å². The Hall–Kier alpha value is -0.860. The summed E-state index contributed by atoms with van der Waals surface area (Å²) in [4.78, 5) is 4.56. The molecule has 1 saturated heterocycles. The summed E-state index contributed by atoms with van der Waals surface area (Å²) in [5, 5.41) is 0.727. The summed E-state index contributed by atoms with van der Waals surface area (Å²) in [6, 6.07) is 0.329. The van der Waals surface area contributed by atoms with E-state index in [1.54, 1.807) is 0 Å². The molecule has 0 aliphatic carbocycles. The molecular weight excluding hydrogens is 308 g/mol. The first-order chi connectivity index (χ1) is 9.86. The number of aromatic nitrogens is 1. The third kappa shape index (κ3) is 3.49. The Labute approximate surface area is 131 Å². The normalized spacial score (nSPS) is 19.6. The van der Waals surface area contributed by atoms with Crippen molar-refractivity contribution in [2.45, 2.75) is 37.1 Å². The average molecular weight is 332 g/mol. The van der Waals surface area contributed by atoms with Crippen LogP contribution in [0, 0.1) is 0 Å². The number of likely N-dealkylation sites (N-methyl/N-ethyl adjacent to an activating group) is 1. The maximum atomic E-state index is 12.5. The average Bonchev–Trinajstić information content (AvgIpc) is 2.94. The van der Waals surface area contributed by atoms with Gasteiger partial charge in [0, 0.05) is 19.1 Å². The summed E-state index contributed by atoms with van der Waals surface area (Å²) in [7, 11) is 0.718. The van der Waals surface area contributed by atoms with Gasteiger partial charge in [-0.25, -0.2) is 8.42 Å². The second-order valence-corrected chi connectivity index (χ2v) is 8.57. The van der Waals surface area contributed by atoms with Crippen LogP contribution in [-0.4, -0.2) is 56.7 Å². The molecule has 2 heterocycles. The molecule has 2 N–H and O–H groups in total. The largest absolute Gasteiger partial charge is 0.382 e. The van der Waals surface area contributed by atoms with Crippen molar-refractivity contribution in [3.63, 3.8) is 0 Å². The van der Waals surface area contributed by atoms with Crippen LogP contribution < -0.4 is 10.6 Å². The lowest BCUT2D eigenvalue weighted by atomic mass is 10.2. The van der Waals surface area contributed by atoms with E-state index in [1.807, 2.05) is 21.0 Å². The Morgan fingerprint density at radius 1 is 1.48 bits per heavy atom. The predicted molar refractivity (Wildman–Crippen MR) is 87.8 cm³/mol. The second kappa shape index (κ2) is 6.50. The zero-order valence-corrected chi connectivity index (χ0v) is 14.5. The van der Waals surface area contributed by atoms with Gasteiger partial charge in [-0.1, -0.05) is 6.92 Å². The second-order valence-electron chi connectivity index (χ2n) is 5.77. The van der Waals surface area contributed by atoms with Crippen LogP contribution in [0.2, 0.25) is 0 Å². The Kier molecular flexibility index (Phi) is 5.11. The minimum absolute atomic E-state index is 0.120. The SMILES string of the molecule is CCCS(=O)(=O)c1c(N)nsc1N1CCCC1CN(C)C. The van der Waals surface area contributed by atoms with Gasteiger partial charge in [0.1, 0.15) is 9.90 Å². The van der Waals surface area contributed by atoms with Gasteiger partial charge in [0.05, 0.1) is 5.75 Å². The fourth-order valence-corrected chi connectivity index (χ4v) is 5.69. The van der Waals surface area contributed by atoms with E-state index in [-0.39, 0.29) is 16.5 Å². The third-order valence-corrected chi connectivity index (χ3v) is 6.65. The Balaban J connectivity index is 2.37. The predicted octanol–water partition coefficient (Wildman–Crippen LogP) is 1.44. The first-order valence-corrected chi connectivity index (χ1v) is 9.68. The van der Waals surface area contributed by atoms with Gasteiger partial charge >= 0.3 is 0 Å². The van der Waals surface area contributed by atoms with Gasteiger partial charge in [-0.05, 0) is 44.9 Å². The molecule has 1 fully saturated rings. The van der Waals surface area contributed by atoms with Gasteiger partial charge in [0.15, 0.2) is 15.7 Å². The molecule has 0 aromatic carbocycles. The zero-order chi connectivity index (χ0) is 15.6. The van der Waals surface area contributed by atoms with Gasteiger partial charge in [-0.3, -0.25) is 0 Å². The van der Waals surface area contributed by atoms with Crippen molar-refractivity contribution in [3.8, 4) is 0 Å². The van der Waals surface area contributed by atoms with Crippen molar-refractivity contribution in [1.29, 1.82) is 0 Å². The molecule has 0 bridgehead atoms. The number of hydrogen-bond acceptors (Lipinski definition) is 7. The van der Waals surface area contributed by atoms with Gasteiger partial charge in [0.25, 0.3) is 0 Å². The van der Waals surface area contributed by atoms with E-state index in [0.717, 1.165) is 30.9 Å². The fourth-order valence-electron chi connectivity index (χ4n) is 2.85. The summed E-state index contributed by atoms with van der Waals surface area (Å²) in [5.41, 5.74) is 5.86. The molecule has 0 radical (unpaired) electrons.